The predicted molar refractivity (Wildman–Crippen MR) is 102 cm³/mol. The molecule has 1 N–H and O–H groups in total. The molecule has 1 saturated heterocycles. The molecule has 7 nitrogen and oxygen atoms in total. The summed E-state index contributed by atoms with van der Waals surface area (Å²) in [6.07, 6.45) is 0. The molecule has 1 aliphatic rings. The van der Waals surface area contributed by atoms with Crippen molar-refractivity contribution in [2.24, 2.45) is 5.41 Å². The van der Waals surface area contributed by atoms with E-state index in [0.717, 1.165) is 5.56 Å². The zero-order chi connectivity index (χ0) is 20.0. The lowest BCUT2D eigenvalue weighted by Gasteiger charge is -2.34. The maximum atomic E-state index is 12.8. The van der Waals surface area contributed by atoms with Crippen molar-refractivity contribution in [2.45, 2.75) is 27.3 Å². The highest BCUT2D eigenvalue weighted by atomic mass is 16.5. The Bertz CT molecular complexity index is 689. The molecule has 1 heterocycles. The van der Waals surface area contributed by atoms with Crippen LogP contribution in [0.1, 0.15) is 36.7 Å². The van der Waals surface area contributed by atoms with Crippen molar-refractivity contribution in [3.05, 3.63) is 35.4 Å². The number of methoxy groups -OCH3 is 1. The lowest BCUT2D eigenvalue weighted by molar-refractivity contribution is -0.142. The van der Waals surface area contributed by atoms with E-state index in [1.54, 1.807) is 11.0 Å². The summed E-state index contributed by atoms with van der Waals surface area (Å²) in [7, 11) is 1.37. The zero-order valence-corrected chi connectivity index (χ0v) is 16.6. The minimum atomic E-state index is -0.447. The first-order valence-electron chi connectivity index (χ1n) is 9.16. The second-order valence-corrected chi connectivity index (χ2v) is 7.78. The van der Waals surface area contributed by atoms with Crippen molar-refractivity contribution in [1.29, 1.82) is 0 Å². The summed E-state index contributed by atoms with van der Waals surface area (Å²) in [5.74, 6) is -0.322. The van der Waals surface area contributed by atoms with Crippen LogP contribution in [-0.2, 0) is 20.9 Å². The third-order valence-corrected chi connectivity index (χ3v) is 4.55. The maximum Gasteiger partial charge on any atom is 0.319 e. The molecule has 1 fully saturated rings. The van der Waals surface area contributed by atoms with Crippen LogP contribution >= 0.6 is 0 Å². The fraction of sp³-hybridized carbons (Fsp3) is 0.550. The number of benzene rings is 1. The van der Waals surface area contributed by atoms with E-state index in [2.05, 4.69) is 10.1 Å². The van der Waals surface area contributed by atoms with E-state index >= 15 is 0 Å². The second-order valence-electron chi connectivity index (χ2n) is 7.78. The highest BCUT2D eigenvalue weighted by Gasteiger charge is 2.24. The summed E-state index contributed by atoms with van der Waals surface area (Å²) in [4.78, 5) is 39.9. The number of nitrogens with one attached hydrogen (secondary N) is 1. The SMILES string of the molecule is COC(=O)CN1CCN(C(=O)c2cccc(CNC(=O)C(C)(C)C)c2)CC1. The van der Waals surface area contributed by atoms with Gasteiger partial charge in [-0.15, -0.1) is 0 Å². The molecule has 0 aromatic heterocycles. The molecule has 2 rings (SSSR count). The van der Waals surface area contributed by atoms with Gasteiger partial charge in [0.05, 0.1) is 13.7 Å². The number of piperazine rings is 1. The standard InChI is InChI=1S/C20H29N3O4/c1-20(2,3)19(26)21-13-15-6-5-7-16(12-15)18(25)23-10-8-22(9-11-23)14-17(24)27-4/h5-7,12H,8-11,13-14H2,1-4H3,(H,21,26). The lowest BCUT2D eigenvalue weighted by atomic mass is 9.95. The number of hydrogen-bond acceptors (Lipinski definition) is 5. The van der Waals surface area contributed by atoms with Crippen LogP contribution in [-0.4, -0.2) is 67.4 Å². The highest BCUT2D eigenvalue weighted by molar-refractivity contribution is 5.94. The van der Waals surface area contributed by atoms with Gasteiger partial charge in [0.25, 0.3) is 5.91 Å². The summed E-state index contributed by atoms with van der Waals surface area (Å²) >= 11 is 0. The fourth-order valence-corrected chi connectivity index (χ4v) is 2.80. The van der Waals surface area contributed by atoms with Crippen LogP contribution in [0.2, 0.25) is 0 Å². The first-order valence-corrected chi connectivity index (χ1v) is 9.16. The number of amides is 2. The van der Waals surface area contributed by atoms with Gasteiger partial charge in [0.15, 0.2) is 0 Å². The number of rotatable bonds is 5. The molecule has 0 unspecified atom stereocenters. The molecule has 27 heavy (non-hydrogen) atoms. The summed E-state index contributed by atoms with van der Waals surface area (Å²) in [5.41, 5.74) is 1.05. The third-order valence-electron chi connectivity index (χ3n) is 4.55. The van der Waals surface area contributed by atoms with Gasteiger partial charge in [0.1, 0.15) is 0 Å². The van der Waals surface area contributed by atoms with E-state index in [1.165, 1.54) is 7.11 Å². The van der Waals surface area contributed by atoms with Crippen molar-refractivity contribution >= 4 is 17.8 Å². The molecule has 0 saturated carbocycles. The van der Waals surface area contributed by atoms with Gasteiger partial charge in [-0.3, -0.25) is 19.3 Å². The Morgan fingerprint density at radius 2 is 1.78 bits per heavy atom. The molecule has 148 valence electrons. The van der Waals surface area contributed by atoms with Gasteiger partial charge in [-0.1, -0.05) is 32.9 Å². The Morgan fingerprint density at radius 3 is 2.37 bits per heavy atom. The van der Waals surface area contributed by atoms with E-state index < -0.39 is 5.41 Å². The fourth-order valence-electron chi connectivity index (χ4n) is 2.80. The Morgan fingerprint density at radius 1 is 1.11 bits per heavy atom. The van der Waals surface area contributed by atoms with Gasteiger partial charge < -0.3 is 15.0 Å². The number of esters is 1. The summed E-state index contributed by atoms with van der Waals surface area (Å²) in [6.45, 7) is 8.66. The average molecular weight is 375 g/mol. The van der Waals surface area contributed by atoms with Crippen LogP contribution in [0.15, 0.2) is 24.3 Å². The molecule has 0 radical (unpaired) electrons. The first kappa shape index (κ1) is 20.9. The molecule has 0 atom stereocenters. The Labute approximate surface area is 160 Å². The van der Waals surface area contributed by atoms with Crippen LogP contribution in [0.4, 0.5) is 0 Å². The van der Waals surface area contributed by atoms with E-state index in [-0.39, 0.29) is 24.3 Å². The summed E-state index contributed by atoms with van der Waals surface area (Å²) < 4.78 is 4.68. The quantitative estimate of drug-likeness (QED) is 0.785. The largest absolute Gasteiger partial charge is 0.468 e. The van der Waals surface area contributed by atoms with Crippen LogP contribution in [0.25, 0.3) is 0 Å². The lowest BCUT2D eigenvalue weighted by Crippen LogP contribution is -2.50. The smallest absolute Gasteiger partial charge is 0.319 e. The van der Waals surface area contributed by atoms with E-state index in [9.17, 15) is 14.4 Å². The van der Waals surface area contributed by atoms with Crippen molar-refractivity contribution in [1.82, 2.24) is 15.1 Å². The molecular formula is C20H29N3O4. The van der Waals surface area contributed by atoms with Crippen LogP contribution in [0, 0.1) is 5.41 Å². The van der Waals surface area contributed by atoms with Crippen LogP contribution < -0.4 is 5.32 Å². The number of hydrogen-bond donors (Lipinski definition) is 1. The van der Waals surface area contributed by atoms with Gasteiger partial charge in [0, 0.05) is 43.7 Å². The minimum absolute atomic E-state index is 0.0269. The second kappa shape index (κ2) is 8.99. The number of nitrogens with zero attached hydrogens (tertiary/aromatic N) is 2. The van der Waals surface area contributed by atoms with Gasteiger partial charge >= 0.3 is 5.97 Å². The number of carbonyl (C=O) groups is 3. The first-order chi connectivity index (χ1) is 12.7. The highest BCUT2D eigenvalue weighted by Crippen LogP contribution is 2.14. The van der Waals surface area contributed by atoms with Crippen LogP contribution in [0.5, 0.6) is 0 Å². The van der Waals surface area contributed by atoms with Crippen molar-refractivity contribution in [3.63, 3.8) is 0 Å². The topological polar surface area (TPSA) is 79.0 Å². The van der Waals surface area contributed by atoms with Gasteiger partial charge in [-0.2, -0.15) is 0 Å². The van der Waals surface area contributed by atoms with Crippen molar-refractivity contribution in [2.75, 3.05) is 39.8 Å². The third kappa shape index (κ3) is 6.06. The average Bonchev–Trinajstić information content (AvgIpc) is 2.65. The van der Waals surface area contributed by atoms with Crippen molar-refractivity contribution in [3.8, 4) is 0 Å². The van der Waals surface area contributed by atoms with E-state index in [0.29, 0.717) is 38.3 Å². The number of ether oxygens (including phenoxy) is 1. The Balaban J connectivity index is 1.92. The van der Waals surface area contributed by atoms with E-state index in [1.807, 2.05) is 43.9 Å². The summed E-state index contributed by atoms with van der Waals surface area (Å²) in [5, 5.41) is 2.90. The Kier molecular flexibility index (Phi) is 6.96. The molecular weight excluding hydrogens is 346 g/mol. The molecule has 1 aromatic carbocycles. The molecule has 1 aromatic rings. The molecule has 2 amide bonds. The molecule has 0 spiro atoms. The number of carbonyl (C=O) groups excluding carboxylic acids is 3. The van der Waals surface area contributed by atoms with Gasteiger partial charge in [-0.25, -0.2) is 0 Å². The molecule has 1 aliphatic heterocycles. The molecule has 7 heteroatoms. The maximum absolute atomic E-state index is 12.8. The van der Waals surface area contributed by atoms with Crippen LogP contribution in [0.3, 0.4) is 0 Å². The van der Waals surface area contributed by atoms with Gasteiger partial charge in [0.2, 0.25) is 5.91 Å². The predicted octanol–water partition coefficient (Wildman–Crippen LogP) is 1.28. The normalized spacial score (nSPS) is 15.3. The monoisotopic (exact) mass is 375 g/mol. The Hall–Kier alpha value is -2.41. The van der Waals surface area contributed by atoms with Crippen molar-refractivity contribution < 1.29 is 19.1 Å². The molecule has 0 aliphatic carbocycles. The van der Waals surface area contributed by atoms with E-state index in [4.69, 9.17) is 0 Å². The van der Waals surface area contributed by atoms with Gasteiger partial charge in [-0.05, 0) is 17.7 Å². The minimum Gasteiger partial charge on any atom is -0.468 e. The molecule has 0 bridgehead atoms. The zero-order valence-electron chi connectivity index (χ0n) is 16.6. The summed E-state index contributed by atoms with van der Waals surface area (Å²) in [6, 6.07) is 7.34.